The first-order valence-electron chi connectivity index (χ1n) is 7.26. The molecule has 1 aromatic carbocycles. The Morgan fingerprint density at radius 2 is 2.09 bits per heavy atom. The highest BCUT2D eigenvalue weighted by atomic mass is 32.2. The predicted octanol–water partition coefficient (Wildman–Crippen LogP) is 2.09. The summed E-state index contributed by atoms with van der Waals surface area (Å²) in [5, 5.41) is 3.19. The van der Waals surface area contributed by atoms with Gasteiger partial charge in [0.2, 0.25) is 15.9 Å². The van der Waals surface area contributed by atoms with Gasteiger partial charge >= 0.3 is 0 Å². The van der Waals surface area contributed by atoms with Crippen LogP contribution in [0.3, 0.4) is 0 Å². The molecule has 2 heterocycles. The van der Waals surface area contributed by atoms with E-state index in [1.165, 1.54) is 15.6 Å². The molecule has 0 bridgehead atoms. The van der Waals surface area contributed by atoms with E-state index in [-0.39, 0.29) is 18.2 Å². The Hall–Kier alpha value is -1.77. The lowest BCUT2D eigenvalue weighted by atomic mass is 10.2. The van der Waals surface area contributed by atoms with Gasteiger partial charge in [-0.15, -0.1) is 0 Å². The SMILES string of the molecule is Cc1nc(NC(=O)CN2CCCS2(=O)=O)sc1-c1ccccc1. The van der Waals surface area contributed by atoms with E-state index in [0.717, 1.165) is 16.1 Å². The summed E-state index contributed by atoms with van der Waals surface area (Å²) in [5.41, 5.74) is 1.88. The second kappa shape index (κ2) is 6.38. The molecule has 0 unspecified atom stereocenters. The van der Waals surface area contributed by atoms with Crippen molar-refractivity contribution in [1.82, 2.24) is 9.29 Å². The number of benzene rings is 1. The van der Waals surface area contributed by atoms with Crippen molar-refractivity contribution in [1.29, 1.82) is 0 Å². The molecule has 0 aliphatic carbocycles. The van der Waals surface area contributed by atoms with Crippen LogP contribution in [0.5, 0.6) is 0 Å². The largest absolute Gasteiger partial charge is 0.301 e. The molecule has 3 rings (SSSR count). The van der Waals surface area contributed by atoms with Crippen molar-refractivity contribution in [3.63, 3.8) is 0 Å². The number of amides is 1. The van der Waals surface area contributed by atoms with Gasteiger partial charge in [-0.3, -0.25) is 4.79 Å². The summed E-state index contributed by atoms with van der Waals surface area (Å²) >= 11 is 1.39. The number of sulfonamides is 1. The molecule has 0 atom stereocenters. The number of carbonyl (C=O) groups excluding carboxylic acids is 1. The molecule has 23 heavy (non-hydrogen) atoms. The molecule has 1 amide bonds. The summed E-state index contributed by atoms with van der Waals surface area (Å²) in [6, 6.07) is 9.82. The minimum atomic E-state index is -3.26. The number of aromatic nitrogens is 1. The molecular formula is C15H17N3O3S2. The standard InChI is InChI=1S/C15H17N3O3S2/c1-11-14(12-6-3-2-4-7-12)22-15(16-11)17-13(19)10-18-8-5-9-23(18,20)21/h2-4,6-7H,5,8-10H2,1H3,(H,16,17,19). The first-order valence-corrected chi connectivity index (χ1v) is 9.69. The molecule has 0 radical (unpaired) electrons. The number of hydrogen-bond donors (Lipinski definition) is 1. The molecule has 1 aliphatic rings. The molecule has 2 aromatic rings. The summed E-state index contributed by atoms with van der Waals surface area (Å²) in [4.78, 5) is 17.4. The molecule has 8 heteroatoms. The number of aryl methyl sites for hydroxylation is 1. The Labute approximate surface area is 139 Å². The zero-order chi connectivity index (χ0) is 16.4. The molecule has 1 N–H and O–H groups in total. The van der Waals surface area contributed by atoms with E-state index < -0.39 is 10.0 Å². The van der Waals surface area contributed by atoms with E-state index in [9.17, 15) is 13.2 Å². The van der Waals surface area contributed by atoms with Gasteiger partial charge in [0.05, 0.1) is 22.9 Å². The van der Waals surface area contributed by atoms with Gasteiger partial charge in [-0.25, -0.2) is 13.4 Å². The summed E-state index contributed by atoms with van der Waals surface area (Å²) < 4.78 is 24.7. The van der Waals surface area contributed by atoms with Gasteiger partial charge in [0, 0.05) is 6.54 Å². The van der Waals surface area contributed by atoms with Crippen molar-refractivity contribution < 1.29 is 13.2 Å². The first-order chi connectivity index (χ1) is 11.0. The van der Waals surface area contributed by atoms with E-state index in [4.69, 9.17) is 0 Å². The fraction of sp³-hybridized carbons (Fsp3) is 0.333. The van der Waals surface area contributed by atoms with Gasteiger partial charge < -0.3 is 5.32 Å². The van der Waals surface area contributed by atoms with Crippen LogP contribution in [-0.4, -0.2) is 42.5 Å². The smallest absolute Gasteiger partial charge is 0.241 e. The van der Waals surface area contributed by atoms with Gasteiger partial charge in [-0.1, -0.05) is 41.7 Å². The molecule has 1 fully saturated rings. The quantitative estimate of drug-likeness (QED) is 0.915. The lowest BCUT2D eigenvalue weighted by Gasteiger charge is -2.12. The van der Waals surface area contributed by atoms with Gasteiger partial charge in [-0.05, 0) is 18.9 Å². The van der Waals surface area contributed by atoms with Gasteiger partial charge in [0.15, 0.2) is 5.13 Å². The van der Waals surface area contributed by atoms with Crippen LogP contribution in [0.25, 0.3) is 10.4 Å². The second-order valence-electron chi connectivity index (χ2n) is 5.35. The number of carbonyl (C=O) groups is 1. The van der Waals surface area contributed by atoms with Gasteiger partial charge in [-0.2, -0.15) is 4.31 Å². The molecule has 1 saturated heterocycles. The third-order valence-electron chi connectivity index (χ3n) is 3.60. The molecule has 1 aliphatic heterocycles. The maximum Gasteiger partial charge on any atom is 0.241 e. The van der Waals surface area contributed by atoms with Crippen LogP contribution >= 0.6 is 11.3 Å². The zero-order valence-electron chi connectivity index (χ0n) is 12.7. The van der Waals surface area contributed by atoms with Crippen LogP contribution in [0, 0.1) is 6.92 Å². The van der Waals surface area contributed by atoms with Crippen LogP contribution in [0.2, 0.25) is 0 Å². The third kappa shape index (κ3) is 3.60. The summed E-state index contributed by atoms with van der Waals surface area (Å²) in [5.74, 6) is -0.238. The lowest BCUT2D eigenvalue weighted by molar-refractivity contribution is -0.116. The first kappa shape index (κ1) is 16.1. The minimum Gasteiger partial charge on any atom is -0.301 e. The van der Waals surface area contributed by atoms with E-state index in [1.54, 1.807) is 0 Å². The van der Waals surface area contributed by atoms with Crippen LogP contribution < -0.4 is 5.32 Å². The van der Waals surface area contributed by atoms with Crippen LogP contribution in [-0.2, 0) is 14.8 Å². The topological polar surface area (TPSA) is 79.4 Å². The highest BCUT2D eigenvalue weighted by Gasteiger charge is 2.30. The van der Waals surface area contributed by atoms with E-state index in [2.05, 4.69) is 10.3 Å². The number of hydrogen-bond acceptors (Lipinski definition) is 5. The van der Waals surface area contributed by atoms with E-state index in [1.807, 2.05) is 37.3 Å². The number of rotatable bonds is 4. The number of anilines is 1. The Kier molecular flexibility index (Phi) is 4.47. The maximum atomic E-state index is 12.1. The van der Waals surface area contributed by atoms with E-state index >= 15 is 0 Å². The highest BCUT2D eigenvalue weighted by Crippen LogP contribution is 2.32. The fourth-order valence-corrected chi connectivity index (χ4v) is 4.96. The Morgan fingerprint density at radius 3 is 2.74 bits per heavy atom. The summed E-state index contributed by atoms with van der Waals surface area (Å²) in [6.45, 7) is 2.14. The van der Waals surface area contributed by atoms with Crippen LogP contribution in [0.15, 0.2) is 30.3 Å². The van der Waals surface area contributed by atoms with Gasteiger partial charge in [0.1, 0.15) is 0 Å². The van der Waals surface area contributed by atoms with Crippen molar-refractivity contribution in [2.45, 2.75) is 13.3 Å². The van der Waals surface area contributed by atoms with Crippen molar-refractivity contribution in [2.75, 3.05) is 24.2 Å². The molecule has 1 aromatic heterocycles. The third-order valence-corrected chi connectivity index (χ3v) is 6.63. The molecule has 0 saturated carbocycles. The monoisotopic (exact) mass is 351 g/mol. The Morgan fingerprint density at radius 1 is 1.35 bits per heavy atom. The summed E-state index contributed by atoms with van der Waals surface area (Å²) in [6.07, 6.45) is 0.574. The van der Waals surface area contributed by atoms with Crippen molar-refractivity contribution in [2.24, 2.45) is 0 Å². The lowest BCUT2D eigenvalue weighted by Crippen LogP contribution is -2.34. The minimum absolute atomic E-state index is 0.120. The van der Waals surface area contributed by atoms with Gasteiger partial charge in [0.25, 0.3) is 0 Å². The molecule has 6 nitrogen and oxygen atoms in total. The maximum absolute atomic E-state index is 12.1. The number of nitrogens with one attached hydrogen (secondary N) is 1. The Bertz CT molecular complexity index is 816. The van der Waals surface area contributed by atoms with Crippen molar-refractivity contribution in [3.8, 4) is 10.4 Å². The number of thiazole rings is 1. The average molecular weight is 351 g/mol. The van der Waals surface area contributed by atoms with Crippen molar-refractivity contribution >= 4 is 32.4 Å². The zero-order valence-corrected chi connectivity index (χ0v) is 14.3. The fourth-order valence-electron chi connectivity index (χ4n) is 2.50. The predicted molar refractivity (Wildman–Crippen MR) is 90.9 cm³/mol. The number of nitrogens with zero attached hydrogens (tertiary/aromatic N) is 2. The Balaban J connectivity index is 1.70. The van der Waals surface area contributed by atoms with E-state index in [0.29, 0.717) is 18.1 Å². The van der Waals surface area contributed by atoms with Crippen molar-refractivity contribution in [3.05, 3.63) is 36.0 Å². The van der Waals surface area contributed by atoms with Crippen LogP contribution in [0.4, 0.5) is 5.13 Å². The molecule has 0 spiro atoms. The summed E-state index contributed by atoms with van der Waals surface area (Å²) in [7, 11) is -3.26. The van der Waals surface area contributed by atoms with Crippen LogP contribution in [0.1, 0.15) is 12.1 Å². The second-order valence-corrected chi connectivity index (χ2v) is 8.44. The molecular weight excluding hydrogens is 334 g/mol. The highest BCUT2D eigenvalue weighted by molar-refractivity contribution is 7.89. The average Bonchev–Trinajstić information content (AvgIpc) is 3.02. The molecule has 122 valence electrons. The normalized spacial score (nSPS) is 17.3.